The number of nitrogens with zero attached hydrogens (tertiary/aromatic N) is 2. The minimum Gasteiger partial charge on any atom is -0.491 e. The Kier molecular flexibility index (Phi) is 6.33. The van der Waals surface area contributed by atoms with Gasteiger partial charge in [-0.2, -0.15) is 0 Å². The molecule has 0 fully saturated rings. The highest BCUT2D eigenvalue weighted by Gasteiger charge is 2.09. The fourth-order valence-electron chi connectivity index (χ4n) is 2.64. The molecule has 0 aliphatic heterocycles. The van der Waals surface area contributed by atoms with Crippen LogP contribution in [0, 0.1) is 5.82 Å². The number of rotatable bonds is 8. The Hall–Kier alpha value is -3.26. The molecule has 1 aromatic heterocycles. The first kappa shape index (κ1) is 19.5. The van der Waals surface area contributed by atoms with Crippen molar-refractivity contribution in [2.75, 3.05) is 20.3 Å². The molecule has 0 aliphatic rings. The van der Waals surface area contributed by atoms with Crippen molar-refractivity contribution in [1.29, 1.82) is 0 Å². The van der Waals surface area contributed by atoms with Gasteiger partial charge in [-0.1, -0.05) is 12.1 Å². The van der Waals surface area contributed by atoms with Gasteiger partial charge in [0.15, 0.2) is 0 Å². The van der Waals surface area contributed by atoms with Crippen LogP contribution < -0.4 is 15.6 Å². The van der Waals surface area contributed by atoms with Crippen molar-refractivity contribution in [1.82, 2.24) is 14.9 Å². The third-order valence-corrected chi connectivity index (χ3v) is 4.04. The Balaban J connectivity index is 1.62. The van der Waals surface area contributed by atoms with Crippen LogP contribution in [0.25, 0.3) is 10.9 Å². The Morgan fingerprint density at radius 3 is 2.89 bits per heavy atom. The van der Waals surface area contributed by atoms with Crippen molar-refractivity contribution in [3.05, 3.63) is 70.5 Å². The third-order valence-electron chi connectivity index (χ3n) is 4.04. The van der Waals surface area contributed by atoms with Crippen LogP contribution in [0.15, 0.2) is 53.6 Å². The van der Waals surface area contributed by atoms with E-state index in [0.29, 0.717) is 24.5 Å². The number of carbonyl (C=O) groups is 1. The molecule has 0 atom stereocenters. The van der Waals surface area contributed by atoms with Crippen molar-refractivity contribution in [2.24, 2.45) is 0 Å². The second-order valence-electron chi connectivity index (χ2n) is 6.10. The van der Waals surface area contributed by atoms with Crippen LogP contribution in [0.5, 0.6) is 5.75 Å². The van der Waals surface area contributed by atoms with Crippen LogP contribution in [0.1, 0.15) is 5.56 Å². The third kappa shape index (κ3) is 4.92. The summed E-state index contributed by atoms with van der Waals surface area (Å²) >= 11 is 0. The molecule has 3 aromatic rings. The molecule has 0 bridgehead atoms. The maximum atomic E-state index is 13.4. The van der Waals surface area contributed by atoms with Gasteiger partial charge in [0.2, 0.25) is 5.91 Å². The normalized spacial score (nSPS) is 10.8. The predicted molar refractivity (Wildman–Crippen MR) is 102 cm³/mol. The molecule has 0 saturated heterocycles. The van der Waals surface area contributed by atoms with Gasteiger partial charge in [0.25, 0.3) is 5.56 Å². The van der Waals surface area contributed by atoms with Crippen LogP contribution in [-0.2, 0) is 22.6 Å². The lowest BCUT2D eigenvalue weighted by Gasteiger charge is -2.10. The Morgan fingerprint density at radius 2 is 2.07 bits per heavy atom. The molecule has 0 aliphatic carbocycles. The van der Waals surface area contributed by atoms with E-state index in [0.717, 1.165) is 16.2 Å². The number of hydrogen-bond donors (Lipinski definition) is 1. The van der Waals surface area contributed by atoms with E-state index in [4.69, 9.17) is 9.47 Å². The molecule has 28 heavy (non-hydrogen) atoms. The average molecular weight is 385 g/mol. The number of methoxy groups -OCH3 is 1. The second-order valence-corrected chi connectivity index (χ2v) is 6.10. The first-order chi connectivity index (χ1) is 13.6. The summed E-state index contributed by atoms with van der Waals surface area (Å²) in [6.07, 6.45) is 1.28. The molecule has 146 valence electrons. The summed E-state index contributed by atoms with van der Waals surface area (Å²) in [7, 11) is 1.60. The number of ether oxygens (including phenoxy) is 2. The highest BCUT2D eigenvalue weighted by molar-refractivity contribution is 5.79. The SMILES string of the molecule is COCCOc1cccc(CNC(=O)Cn2cnc3ccc(F)cc3c2=O)c1. The van der Waals surface area contributed by atoms with E-state index in [-0.39, 0.29) is 24.4 Å². The molecular formula is C20H20FN3O4. The van der Waals surface area contributed by atoms with Gasteiger partial charge in [0.1, 0.15) is 24.7 Å². The highest BCUT2D eigenvalue weighted by Crippen LogP contribution is 2.13. The molecule has 1 heterocycles. The summed E-state index contributed by atoms with van der Waals surface area (Å²) in [5.74, 6) is -0.202. The Labute approximate surface area is 160 Å². The summed E-state index contributed by atoms with van der Waals surface area (Å²) in [6, 6.07) is 11.1. The molecule has 0 radical (unpaired) electrons. The number of hydrogen-bond acceptors (Lipinski definition) is 5. The van der Waals surface area contributed by atoms with Crippen molar-refractivity contribution < 1.29 is 18.7 Å². The lowest BCUT2D eigenvalue weighted by atomic mass is 10.2. The molecule has 0 unspecified atom stereocenters. The first-order valence-electron chi connectivity index (χ1n) is 8.69. The van der Waals surface area contributed by atoms with Gasteiger partial charge in [0, 0.05) is 13.7 Å². The highest BCUT2D eigenvalue weighted by atomic mass is 19.1. The zero-order chi connectivity index (χ0) is 19.9. The summed E-state index contributed by atoms with van der Waals surface area (Å²) in [5, 5.41) is 2.88. The molecule has 8 heteroatoms. The molecular weight excluding hydrogens is 365 g/mol. The summed E-state index contributed by atoms with van der Waals surface area (Å²) in [6.45, 7) is 0.997. The van der Waals surface area contributed by atoms with Gasteiger partial charge in [-0.15, -0.1) is 0 Å². The number of amides is 1. The van der Waals surface area contributed by atoms with Crippen LogP contribution in [0.3, 0.4) is 0 Å². The van der Waals surface area contributed by atoms with Gasteiger partial charge in [-0.25, -0.2) is 9.37 Å². The number of carbonyl (C=O) groups excluding carboxylic acids is 1. The molecule has 1 amide bonds. The summed E-state index contributed by atoms with van der Waals surface area (Å²) in [4.78, 5) is 28.7. The largest absolute Gasteiger partial charge is 0.491 e. The quantitative estimate of drug-likeness (QED) is 0.599. The maximum Gasteiger partial charge on any atom is 0.261 e. The van der Waals surface area contributed by atoms with E-state index < -0.39 is 11.4 Å². The van der Waals surface area contributed by atoms with Gasteiger partial charge in [-0.05, 0) is 35.9 Å². The van der Waals surface area contributed by atoms with Crippen molar-refractivity contribution in [2.45, 2.75) is 13.1 Å². The number of benzene rings is 2. The van der Waals surface area contributed by atoms with E-state index in [2.05, 4.69) is 10.3 Å². The summed E-state index contributed by atoms with van der Waals surface area (Å²) < 4.78 is 25.0. The monoisotopic (exact) mass is 385 g/mol. The minimum absolute atomic E-state index is 0.135. The second kappa shape index (κ2) is 9.09. The average Bonchev–Trinajstić information content (AvgIpc) is 2.69. The Morgan fingerprint density at radius 1 is 1.21 bits per heavy atom. The topological polar surface area (TPSA) is 82.4 Å². The smallest absolute Gasteiger partial charge is 0.261 e. The zero-order valence-corrected chi connectivity index (χ0v) is 15.4. The van der Waals surface area contributed by atoms with E-state index in [1.165, 1.54) is 18.5 Å². The van der Waals surface area contributed by atoms with E-state index >= 15 is 0 Å². The van der Waals surface area contributed by atoms with Gasteiger partial charge in [-0.3, -0.25) is 14.2 Å². The molecule has 0 spiro atoms. The molecule has 1 N–H and O–H groups in total. The van der Waals surface area contributed by atoms with Crippen LogP contribution >= 0.6 is 0 Å². The molecule has 2 aromatic carbocycles. The standard InChI is InChI=1S/C20H20FN3O4/c1-27-7-8-28-16-4-2-3-14(9-16)11-22-19(25)12-24-13-23-18-6-5-15(21)10-17(18)20(24)26/h2-6,9-10,13H,7-8,11-12H2,1H3,(H,22,25). The molecule has 3 rings (SSSR count). The minimum atomic E-state index is -0.527. The molecule has 0 saturated carbocycles. The lowest BCUT2D eigenvalue weighted by molar-refractivity contribution is -0.121. The number of nitrogens with one attached hydrogen (secondary N) is 1. The lowest BCUT2D eigenvalue weighted by Crippen LogP contribution is -2.32. The number of halogens is 1. The van der Waals surface area contributed by atoms with Crippen molar-refractivity contribution >= 4 is 16.8 Å². The zero-order valence-electron chi connectivity index (χ0n) is 15.4. The maximum absolute atomic E-state index is 13.4. The van der Waals surface area contributed by atoms with Crippen molar-refractivity contribution in [3.63, 3.8) is 0 Å². The summed E-state index contributed by atoms with van der Waals surface area (Å²) in [5.41, 5.74) is 0.774. The van der Waals surface area contributed by atoms with Crippen LogP contribution in [-0.4, -0.2) is 35.8 Å². The van der Waals surface area contributed by atoms with Crippen LogP contribution in [0.4, 0.5) is 4.39 Å². The predicted octanol–water partition coefficient (Wildman–Crippen LogP) is 1.88. The first-order valence-corrected chi connectivity index (χ1v) is 8.69. The number of fused-ring (bicyclic) bond motifs is 1. The fourth-order valence-corrected chi connectivity index (χ4v) is 2.64. The van der Waals surface area contributed by atoms with E-state index in [1.54, 1.807) is 7.11 Å². The van der Waals surface area contributed by atoms with E-state index in [1.807, 2.05) is 24.3 Å². The fraction of sp³-hybridized carbons (Fsp3) is 0.250. The number of aromatic nitrogens is 2. The van der Waals surface area contributed by atoms with E-state index in [9.17, 15) is 14.0 Å². The van der Waals surface area contributed by atoms with Gasteiger partial charge >= 0.3 is 0 Å². The molecule has 7 nitrogen and oxygen atoms in total. The van der Waals surface area contributed by atoms with Gasteiger partial charge in [0.05, 0.1) is 23.8 Å². The van der Waals surface area contributed by atoms with Crippen LogP contribution in [0.2, 0.25) is 0 Å². The van der Waals surface area contributed by atoms with Crippen molar-refractivity contribution in [3.8, 4) is 5.75 Å². The van der Waals surface area contributed by atoms with Gasteiger partial charge < -0.3 is 14.8 Å². The Bertz CT molecular complexity index is 1040.